The van der Waals surface area contributed by atoms with Gasteiger partial charge in [0.15, 0.2) is 0 Å². The molecule has 0 unspecified atom stereocenters. The third kappa shape index (κ3) is 3.91. The van der Waals surface area contributed by atoms with Gasteiger partial charge in [-0.3, -0.25) is 14.2 Å². The Hall–Kier alpha value is -2.58. The molecule has 0 aromatic carbocycles. The second-order valence-electron chi connectivity index (χ2n) is 7.04. The first-order valence-corrected chi connectivity index (χ1v) is 9.52. The molecule has 1 aliphatic rings. The zero-order valence-corrected chi connectivity index (χ0v) is 16.5. The molecule has 3 rings (SSSR count). The van der Waals surface area contributed by atoms with Crippen LogP contribution in [0.3, 0.4) is 0 Å². The van der Waals surface area contributed by atoms with Crippen LogP contribution in [0.25, 0.3) is 11.0 Å². The number of hydrogen-bond acceptors (Lipinski definition) is 5. The number of carbonyl (C=O) groups is 2. The molecule has 0 aliphatic carbocycles. The molecule has 1 saturated heterocycles. The maximum atomic E-state index is 12.6. The predicted octanol–water partition coefficient (Wildman–Crippen LogP) is 1.81. The molecule has 0 saturated carbocycles. The number of carbonyl (C=O) groups excluding carboxylic acids is 2. The number of fused-ring (bicyclic) bond motifs is 1. The predicted molar refractivity (Wildman–Crippen MR) is 100 cm³/mol. The highest BCUT2D eigenvalue weighted by atomic mass is 16.6. The molecule has 0 atom stereocenters. The van der Waals surface area contributed by atoms with Gasteiger partial charge in [-0.15, -0.1) is 0 Å². The molecule has 2 aromatic rings. The van der Waals surface area contributed by atoms with Gasteiger partial charge in [0.25, 0.3) is 0 Å². The quantitative estimate of drug-likeness (QED) is 0.794. The molecule has 0 spiro atoms. The van der Waals surface area contributed by atoms with E-state index in [2.05, 4.69) is 24.0 Å². The average molecular weight is 376 g/mol. The van der Waals surface area contributed by atoms with Crippen LogP contribution in [0.4, 0.5) is 4.79 Å². The van der Waals surface area contributed by atoms with Crippen molar-refractivity contribution in [1.82, 2.24) is 29.4 Å². The zero-order valence-electron chi connectivity index (χ0n) is 16.5. The summed E-state index contributed by atoms with van der Waals surface area (Å²) in [4.78, 5) is 27.8. The summed E-state index contributed by atoms with van der Waals surface area (Å²) in [5.74, 6) is 0.0797. The number of rotatable bonds is 5. The average Bonchev–Trinajstić information content (AvgIpc) is 3.21. The third-order valence-electron chi connectivity index (χ3n) is 4.85. The number of amides is 2. The van der Waals surface area contributed by atoms with Crippen molar-refractivity contribution < 1.29 is 14.3 Å². The zero-order chi connectivity index (χ0) is 19.6. The van der Waals surface area contributed by atoms with Crippen molar-refractivity contribution in [2.75, 3.05) is 32.8 Å². The van der Waals surface area contributed by atoms with Crippen molar-refractivity contribution in [1.29, 1.82) is 0 Å². The number of nitrogens with zero attached hydrogens (tertiary/aromatic N) is 6. The first kappa shape index (κ1) is 19.2. The van der Waals surface area contributed by atoms with Crippen LogP contribution in [-0.2, 0) is 16.1 Å². The Morgan fingerprint density at radius 1 is 1.19 bits per heavy atom. The SMILES string of the molecule is CCOC(=O)N1CCN(C(=O)CCn2ncc3c2c(C)nn3C(C)C)CC1. The number of hydrogen-bond donors (Lipinski definition) is 0. The minimum absolute atomic E-state index is 0.0797. The first-order chi connectivity index (χ1) is 12.9. The normalized spacial score (nSPS) is 15.0. The Bertz CT molecular complexity index is 817. The van der Waals surface area contributed by atoms with E-state index in [0.717, 1.165) is 16.7 Å². The van der Waals surface area contributed by atoms with E-state index in [9.17, 15) is 9.59 Å². The van der Waals surface area contributed by atoms with Crippen molar-refractivity contribution >= 4 is 23.0 Å². The molecule has 9 heteroatoms. The van der Waals surface area contributed by atoms with Crippen LogP contribution in [0.15, 0.2) is 6.20 Å². The summed E-state index contributed by atoms with van der Waals surface area (Å²) in [7, 11) is 0. The van der Waals surface area contributed by atoms with E-state index in [1.807, 2.05) is 22.5 Å². The lowest BCUT2D eigenvalue weighted by Crippen LogP contribution is -2.50. The summed E-state index contributed by atoms with van der Waals surface area (Å²) in [6.45, 7) is 10.9. The molecule has 1 aliphatic heterocycles. The van der Waals surface area contributed by atoms with Gasteiger partial charge in [0.1, 0.15) is 11.0 Å². The van der Waals surface area contributed by atoms with E-state index >= 15 is 0 Å². The Kier molecular flexibility index (Phi) is 5.67. The lowest BCUT2D eigenvalue weighted by molar-refractivity contribution is -0.133. The van der Waals surface area contributed by atoms with Crippen LogP contribution >= 0.6 is 0 Å². The van der Waals surface area contributed by atoms with Gasteiger partial charge in [0.2, 0.25) is 5.91 Å². The van der Waals surface area contributed by atoms with E-state index in [0.29, 0.717) is 45.8 Å². The fourth-order valence-corrected chi connectivity index (χ4v) is 3.45. The molecule has 27 heavy (non-hydrogen) atoms. The largest absolute Gasteiger partial charge is 0.450 e. The lowest BCUT2D eigenvalue weighted by atomic mass is 10.3. The number of ether oxygens (including phenoxy) is 1. The van der Waals surface area contributed by atoms with Crippen LogP contribution in [0.5, 0.6) is 0 Å². The summed E-state index contributed by atoms with van der Waals surface area (Å²) in [5, 5.41) is 9.03. The molecule has 2 amide bonds. The summed E-state index contributed by atoms with van der Waals surface area (Å²) >= 11 is 0. The van der Waals surface area contributed by atoms with Gasteiger partial charge >= 0.3 is 6.09 Å². The summed E-state index contributed by atoms with van der Waals surface area (Å²) in [5.41, 5.74) is 2.91. The monoisotopic (exact) mass is 376 g/mol. The molecule has 1 fully saturated rings. The lowest BCUT2D eigenvalue weighted by Gasteiger charge is -2.34. The maximum absolute atomic E-state index is 12.6. The molecule has 3 heterocycles. The Morgan fingerprint density at radius 2 is 1.85 bits per heavy atom. The molecular formula is C18H28N6O3. The van der Waals surface area contributed by atoms with Crippen molar-refractivity contribution in [3.05, 3.63) is 11.9 Å². The first-order valence-electron chi connectivity index (χ1n) is 9.52. The number of aryl methyl sites for hydroxylation is 2. The molecule has 9 nitrogen and oxygen atoms in total. The highest BCUT2D eigenvalue weighted by molar-refractivity contribution is 5.79. The van der Waals surface area contributed by atoms with Crippen LogP contribution in [0.1, 0.15) is 38.9 Å². The van der Waals surface area contributed by atoms with Crippen molar-refractivity contribution in [3.8, 4) is 0 Å². The van der Waals surface area contributed by atoms with E-state index in [4.69, 9.17) is 4.74 Å². The molecule has 2 aromatic heterocycles. The fraction of sp³-hybridized carbons (Fsp3) is 0.667. The van der Waals surface area contributed by atoms with E-state index in [-0.39, 0.29) is 18.0 Å². The molecule has 148 valence electrons. The van der Waals surface area contributed by atoms with E-state index in [1.54, 1.807) is 16.7 Å². The third-order valence-corrected chi connectivity index (χ3v) is 4.85. The standard InChI is InChI=1S/C18H28N6O3/c1-5-27-18(26)22-10-8-21(9-11-22)16(25)6-7-23-17-14(4)20-24(13(2)3)15(17)12-19-23/h12-13H,5-11H2,1-4H3. The van der Waals surface area contributed by atoms with Crippen LogP contribution in [0.2, 0.25) is 0 Å². The van der Waals surface area contributed by atoms with E-state index in [1.165, 1.54) is 0 Å². The van der Waals surface area contributed by atoms with Crippen molar-refractivity contribution in [3.63, 3.8) is 0 Å². The molecule has 0 bridgehead atoms. The Labute approximate surface area is 158 Å². The van der Waals surface area contributed by atoms with Gasteiger partial charge in [-0.2, -0.15) is 10.2 Å². The fourth-order valence-electron chi connectivity index (χ4n) is 3.45. The number of piperazine rings is 1. The highest BCUT2D eigenvalue weighted by Crippen LogP contribution is 2.21. The van der Waals surface area contributed by atoms with Gasteiger partial charge in [-0.1, -0.05) is 0 Å². The van der Waals surface area contributed by atoms with Crippen molar-refractivity contribution in [2.45, 2.75) is 46.7 Å². The molecular weight excluding hydrogens is 348 g/mol. The Morgan fingerprint density at radius 3 is 2.48 bits per heavy atom. The molecule has 0 radical (unpaired) electrons. The van der Waals surface area contributed by atoms with Gasteiger partial charge in [-0.05, 0) is 27.7 Å². The Balaban J connectivity index is 1.57. The van der Waals surface area contributed by atoms with Gasteiger partial charge in [0, 0.05) is 38.6 Å². The van der Waals surface area contributed by atoms with Crippen molar-refractivity contribution in [2.24, 2.45) is 0 Å². The summed E-state index contributed by atoms with van der Waals surface area (Å²) in [6, 6.07) is 0.260. The number of aromatic nitrogens is 4. The summed E-state index contributed by atoms with van der Waals surface area (Å²) < 4.78 is 8.84. The molecule has 0 N–H and O–H groups in total. The van der Waals surface area contributed by atoms with Crippen LogP contribution in [0, 0.1) is 6.92 Å². The smallest absolute Gasteiger partial charge is 0.409 e. The minimum Gasteiger partial charge on any atom is -0.450 e. The second kappa shape index (κ2) is 7.98. The summed E-state index contributed by atoms with van der Waals surface area (Å²) in [6.07, 6.45) is 1.89. The maximum Gasteiger partial charge on any atom is 0.409 e. The topological polar surface area (TPSA) is 85.5 Å². The van der Waals surface area contributed by atoms with Gasteiger partial charge in [-0.25, -0.2) is 4.79 Å². The van der Waals surface area contributed by atoms with Gasteiger partial charge < -0.3 is 14.5 Å². The van der Waals surface area contributed by atoms with Crippen LogP contribution in [-0.4, -0.2) is 74.1 Å². The van der Waals surface area contributed by atoms with Gasteiger partial charge in [0.05, 0.1) is 25.0 Å². The van der Waals surface area contributed by atoms with Crippen LogP contribution < -0.4 is 0 Å². The van der Waals surface area contributed by atoms with E-state index < -0.39 is 0 Å². The second-order valence-corrected chi connectivity index (χ2v) is 7.04. The minimum atomic E-state index is -0.304. The highest BCUT2D eigenvalue weighted by Gasteiger charge is 2.25.